The lowest BCUT2D eigenvalue weighted by Crippen LogP contribution is -2.05. The van der Waals surface area contributed by atoms with Crippen molar-refractivity contribution in [2.45, 2.75) is 6.92 Å². The minimum absolute atomic E-state index is 0.0381. The Morgan fingerprint density at radius 3 is 2.30 bits per heavy atom. The molecule has 104 valence electrons. The largest absolute Gasteiger partial charge is 0.494 e. The topological polar surface area (TPSA) is 52.3 Å². The van der Waals surface area contributed by atoms with Crippen molar-refractivity contribution >= 4 is 11.5 Å². The van der Waals surface area contributed by atoms with Gasteiger partial charge in [0.1, 0.15) is 5.82 Å². The molecule has 0 saturated carbocycles. The second-order valence-corrected chi connectivity index (χ2v) is 4.35. The molecule has 0 radical (unpaired) electrons. The van der Waals surface area contributed by atoms with Crippen molar-refractivity contribution in [2.24, 2.45) is 0 Å². The SMILES string of the molecule is COc1ccc(C(=O)c2cc(N)c(C)c(F)c2)cc1F. The highest BCUT2D eigenvalue weighted by atomic mass is 19.1. The van der Waals surface area contributed by atoms with E-state index in [9.17, 15) is 13.6 Å². The van der Waals surface area contributed by atoms with Gasteiger partial charge in [-0.2, -0.15) is 0 Å². The first-order valence-electron chi connectivity index (χ1n) is 5.88. The van der Waals surface area contributed by atoms with Crippen LogP contribution in [0.25, 0.3) is 0 Å². The van der Waals surface area contributed by atoms with Crippen LogP contribution < -0.4 is 10.5 Å². The number of benzene rings is 2. The Hall–Kier alpha value is -2.43. The second kappa shape index (κ2) is 5.28. The molecule has 2 rings (SSSR count). The van der Waals surface area contributed by atoms with Crippen LogP contribution in [0.1, 0.15) is 21.5 Å². The number of methoxy groups -OCH3 is 1. The summed E-state index contributed by atoms with van der Waals surface area (Å²) in [6.07, 6.45) is 0. The summed E-state index contributed by atoms with van der Waals surface area (Å²) in [6.45, 7) is 1.52. The summed E-state index contributed by atoms with van der Waals surface area (Å²) in [5.74, 6) is -1.69. The highest BCUT2D eigenvalue weighted by Gasteiger charge is 2.15. The molecule has 0 fully saturated rings. The van der Waals surface area contributed by atoms with Crippen LogP contribution in [0.15, 0.2) is 30.3 Å². The Kier molecular flexibility index (Phi) is 3.70. The number of carbonyl (C=O) groups excluding carboxylic acids is 1. The van der Waals surface area contributed by atoms with Gasteiger partial charge >= 0.3 is 0 Å². The number of ketones is 1. The summed E-state index contributed by atoms with van der Waals surface area (Å²) in [7, 11) is 1.33. The van der Waals surface area contributed by atoms with E-state index in [2.05, 4.69) is 0 Å². The fourth-order valence-electron chi connectivity index (χ4n) is 1.81. The van der Waals surface area contributed by atoms with Gasteiger partial charge in [0.2, 0.25) is 0 Å². The van der Waals surface area contributed by atoms with E-state index in [1.54, 1.807) is 0 Å². The summed E-state index contributed by atoms with van der Waals surface area (Å²) in [5, 5.41) is 0. The summed E-state index contributed by atoms with van der Waals surface area (Å²) in [4.78, 5) is 12.2. The van der Waals surface area contributed by atoms with Crippen LogP contribution in [0.2, 0.25) is 0 Å². The van der Waals surface area contributed by atoms with Crippen LogP contribution in [0.4, 0.5) is 14.5 Å². The van der Waals surface area contributed by atoms with Gasteiger partial charge in [-0.3, -0.25) is 4.79 Å². The molecule has 2 aromatic rings. The number of hydrogen-bond acceptors (Lipinski definition) is 3. The van der Waals surface area contributed by atoms with Crippen LogP contribution in [-0.4, -0.2) is 12.9 Å². The van der Waals surface area contributed by atoms with E-state index in [4.69, 9.17) is 10.5 Å². The summed E-state index contributed by atoms with van der Waals surface area (Å²) in [5.41, 5.74) is 6.27. The zero-order valence-corrected chi connectivity index (χ0v) is 11.0. The Balaban J connectivity index is 2.44. The maximum absolute atomic E-state index is 13.6. The van der Waals surface area contributed by atoms with Crippen LogP contribution in [0.5, 0.6) is 5.75 Å². The zero-order chi connectivity index (χ0) is 14.9. The predicted octanol–water partition coefficient (Wildman–Crippen LogP) is 3.10. The van der Waals surface area contributed by atoms with Crippen molar-refractivity contribution in [3.8, 4) is 5.75 Å². The number of ether oxygens (including phenoxy) is 1. The smallest absolute Gasteiger partial charge is 0.193 e. The third kappa shape index (κ3) is 2.47. The van der Waals surface area contributed by atoms with Gasteiger partial charge in [0.05, 0.1) is 7.11 Å². The molecule has 0 aliphatic heterocycles. The third-order valence-electron chi connectivity index (χ3n) is 3.06. The van der Waals surface area contributed by atoms with Gasteiger partial charge in [-0.15, -0.1) is 0 Å². The van der Waals surface area contributed by atoms with Gasteiger partial charge in [-0.1, -0.05) is 0 Å². The van der Waals surface area contributed by atoms with E-state index in [1.807, 2.05) is 0 Å². The van der Waals surface area contributed by atoms with Crippen LogP contribution in [-0.2, 0) is 0 Å². The van der Waals surface area contributed by atoms with Crippen molar-refractivity contribution in [2.75, 3.05) is 12.8 Å². The Morgan fingerprint density at radius 1 is 1.10 bits per heavy atom. The fourth-order valence-corrected chi connectivity index (χ4v) is 1.81. The first-order valence-corrected chi connectivity index (χ1v) is 5.88. The molecular formula is C15H13F2NO2. The lowest BCUT2D eigenvalue weighted by molar-refractivity contribution is 0.103. The lowest BCUT2D eigenvalue weighted by atomic mass is 10.0. The van der Waals surface area contributed by atoms with Gasteiger partial charge in [-0.25, -0.2) is 8.78 Å². The minimum atomic E-state index is -0.654. The quantitative estimate of drug-likeness (QED) is 0.693. The number of nitrogen functional groups attached to an aromatic ring is 1. The average Bonchev–Trinajstić information content (AvgIpc) is 2.43. The molecule has 2 N–H and O–H groups in total. The van der Waals surface area contributed by atoms with Gasteiger partial charge in [0.25, 0.3) is 0 Å². The van der Waals surface area contributed by atoms with Gasteiger partial charge in [0, 0.05) is 22.4 Å². The van der Waals surface area contributed by atoms with E-state index in [0.29, 0.717) is 0 Å². The number of nitrogens with two attached hydrogens (primary N) is 1. The molecule has 0 spiro atoms. The number of rotatable bonds is 3. The molecule has 20 heavy (non-hydrogen) atoms. The molecule has 3 nitrogen and oxygen atoms in total. The maximum atomic E-state index is 13.6. The molecule has 0 unspecified atom stereocenters. The molecule has 0 heterocycles. The fraction of sp³-hybridized carbons (Fsp3) is 0.133. The number of anilines is 1. The average molecular weight is 277 g/mol. The predicted molar refractivity (Wildman–Crippen MR) is 71.9 cm³/mol. The van der Waals surface area contributed by atoms with E-state index in [1.165, 1.54) is 32.2 Å². The van der Waals surface area contributed by atoms with Crippen LogP contribution in [0.3, 0.4) is 0 Å². The number of halogens is 2. The normalized spacial score (nSPS) is 10.4. The van der Waals surface area contributed by atoms with Crippen molar-refractivity contribution < 1.29 is 18.3 Å². The summed E-state index contributed by atoms with van der Waals surface area (Å²) < 4.78 is 31.9. The minimum Gasteiger partial charge on any atom is -0.494 e. The molecule has 0 aromatic heterocycles. The van der Waals surface area contributed by atoms with E-state index in [0.717, 1.165) is 12.1 Å². The standard InChI is InChI=1S/C15H13F2NO2/c1-8-11(16)6-10(7-13(8)18)15(19)9-3-4-14(20-2)12(17)5-9/h3-7H,18H2,1-2H3. The zero-order valence-electron chi connectivity index (χ0n) is 11.0. The Morgan fingerprint density at radius 2 is 1.75 bits per heavy atom. The third-order valence-corrected chi connectivity index (χ3v) is 3.06. The molecule has 0 aliphatic rings. The Labute approximate surface area is 115 Å². The second-order valence-electron chi connectivity index (χ2n) is 4.35. The van der Waals surface area contributed by atoms with Crippen molar-refractivity contribution in [3.63, 3.8) is 0 Å². The number of carbonyl (C=O) groups is 1. The van der Waals surface area contributed by atoms with Gasteiger partial charge in [0.15, 0.2) is 17.3 Å². The molecule has 2 aromatic carbocycles. The molecule has 0 aliphatic carbocycles. The van der Waals surface area contributed by atoms with E-state index in [-0.39, 0.29) is 28.1 Å². The van der Waals surface area contributed by atoms with Crippen molar-refractivity contribution in [1.82, 2.24) is 0 Å². The molecule has 0 amide bonds. The molecule has 0 bridgehead atoms. The molecule has 5 heteroatoms. The van der Waals surface area contributed by atoms with Crippen LogP contribution >= 0.6 is 0 Å². The highest BCUT2D eigenvalue weighted by Crippen LogP contribution is 2.23. The highest BCUT2D eigenvalue weighted by molar-refractivity contribution is 6.09. The molecular weight excluding hydrogens is 264 g/mol. The van der Waals surface area contributed by atoms with E-state index >= 15 is 0 Å². The first-order chi connectivity index (χ1) is 9.43. The summed E-state index contributed by atoms with van der Waals surface area (Å²) in [6, 6.07) is 6.28. The lowest BCUT2D eigenvalue weighted by Gasteiger charge is -2.07. The number of hydrogen-bond donors (Lipinski definition) is 1. The molecule has 0 saturated heterocycles. The monoisotopic (exact) mass is 277 g/mol. The molecule has 0 atom stereocenters. The summed E-state index contributed by atoms with van der Waals surface area (Å²) >= 11 is 0. The van der Waals surface area contributed by atoms with Crippen molar-refractivity contribution in [3.05, 3.63) is 58.7 Å². The van der Waals surface area contributed by atoms with Gasteiger partial charge in [-0.05, 0) is 37.3 Å². The van der Waals surface area contributed by atoms with Gasteiger partial charge < -0.3 is 10.5 Å². The Bertz CT molecular complexity index is 661. The first kappa shape index (κ1) is 14.0. The van der Waals surface area contributed by atoms with Crippen LogP contribution in [0, 0.1) is 18.6 Å². The van der Waals surface area contributed by atoms with E-state index < -0.39 is 17.4 Å². The maximum Gasteiger partial charge on any atom is 0.193 e. The van der Waals surface area contributed by atoms with Crippen molar-refractivity contribution in [1.29, 1.82) is 0 Å².